The minimum Gasteiger partial charge on any atom is -0.366 e. The maximum absolute atomic E-state index is 9.21. The number of aromatic nitrogens is 5. The van der Waals surface area contributed by atoms with E-state index in [0.29, 0.717) is 34.6 Å². The Labute approximate surface area is 228 Å². The molecular weight excluding hydrogens is 486 g/mol. The lowest BCUT2D eigenvalue weighted by Gasteiger charge is -2.40. The van der Waals surface area contributed by atoms with Crippen LogP contribution in [0.1, 0.15) is 62.3 Å². The topological polar surface area (TPSA) is 124 Å². The number of nitrogens with one attached hydrogen (secondary N) is 3. The van der Waals surface area contributed by atoms with Crippen LogP contribution in [0.3, 0.4) is 0 Å². The van der Waals surface area contributed by atoms with Crippen LogP contribution in [0.2, 0.25) is 0 Å². The number of hydrogen-bond acceptors (Lipinski definition) is 9. The second-order valence-electron chi connectivity index (χ2n) is 11.3. The summed E-state index contributed by atoms with van der Waals surface area (Å²) >= 11 is 0. The Morgan fingerprint density at radius 1 is 1.05 bits per heavy atom. The van der Waals surface area contributed by atoms with Crippen LogP contribution in [0.25, 0.3) is 22.3 Å². The molecule has 1 aliphatic heterocycles. The van der Waals surface area contributed by atoms with Crippen molar-refractivity contribution in [3.8, 4) is 17.5 Å². The fourth-order valence-electron chi connectivity index (χ4n) is 5.49. The molecule has 9 nitrogen and oxygen atoms in total. The molecule has 1 unspecified atom stereocenters. The molecule has 0 spiro atoms. The summed E-state index contributed by atoms with van der Waals surface area (Å²) in [5.74, 6) is 3.27. The summed E-state index contributed by atoms with van der Waals surface area (Å²) in [7, 11) is 0. The van der Waals surface area contributed by atoms with Crippen LogP contribution >= 0.6 is 0 Å². The molecule has 0 bridgehead atoms. The van der Waals surface area contributed by atoms with Gasteiger partial charge in [0.25, 0.3) is 0 Å². The van der Waals surface area contributed by atoms with Gasteiger partial charge in [0.15, 0.2) is 5.82 Å². The van der Waals surface area contributed by atoms with Crippen molar-refractivity contribution >= 4 is 28.4 Å². The molecule has 1 aliphatic carbocycles. The quantitative estimate of drug-likeness (QED) is 0.304. The van der Waals surface area contributed by atoms with Gasteiger partial charge in [0.2, 0.25) is 0 Å². The summed E-state index contributed by atoms with van der Waals surface area (Å²) in [5.41, 5.74) is 4.26. The number of aryl methyl sites for hydroxylation is 1. The lowest BCUT2D eigenvalue weighted by Crippen LogP contribution is -2.49. The van der Waals surface area contributed by atoms with Crippen LogP contribution in [0.5, 0.6) is 0 Å². The van der Waals surface area contributed by atoms with E-state index in [9.17, 15) is 5.26 Å². The fraction of sp³-hybridized carbons (Fsp3) is 0.400. The minimum absolute atomic E-state index is 0.0827. The van der Waals surface area contributed by atoms with Crippen molar-refractivity contribution < 1.29 is 0 Å². The molecule has 2 fully saturated rings. The Kier molecular flexibility index (Phi) is 6.57. The first kappa shape index (κ1) is 25.1. The van der Waals surface area contributed by atoms with E-state index in [4.69, 9.17) is 9.97 Å². The molecular formula is C30H33N9. The Balaban J connectivity index is 1.40. The van der Waals surface area contributed by atoms with Crippen molar-refractivity contribution in [2.24, 2.45) is 5.41 Å². The molecule has 1 saturated heterocycles. The molecule has 0 radical (unpaired) electrons. The van der Waals surface area contributed by atoms with Gasteiger partial charge in [-0.3, -0.25) is 4.98 Å². The minimum atomic E-state index is 0.0827. The van der Waals surface area contributed by atoms with Crippen molar-refractivity contribution in [3.05, 3.63) is 59.7 Å². The monoisotopic (exact) mass is 519 g/mol. The average Bonchev–Trinajstić information content (AvgIpc) is 2.89. The van der Waals surface area contributed by atoms with Crippen molar-refractivity contribution in [2.75, 3.05) is 23.7 Å². The lowest BCUT2D eigenvalue weighted by atomic mass is 9.78. The van der Waals surface area contributed by atoms with Gasteiger partial charge in [0.05, 0.1) is 23.0 Å². The SMILES string of the molecule is Cc1nc(Nc2cc(-c3nc(NC4CCNCC4(C)C)c4c(C5CCC5)cncc4n3)ccn2)ccc1C#N. The average molecular weight is 520 g/mol. The number of nitriles is 1. The van der Waals surface area contributed by atoms with Gasteiger partial charge in [0, 0.05) is 35.9 Å². The highest BCUT2D eigenvalue weighted by Gasteiger charge is 2.33. The Bertz CT molecular complexity index is 1570. The molecule has 5 heterocycles. The highest BCUT2D eigenvalue weighted by Crippen LogP contribution is 2.42. The van der Waals surface area contributed by atoms with Crippen LogP contribution in [-0.2, 0) is 0 Å². The normalized spacial score (nSPS) is 18.8. The summed E-state index contributed by atoms with van der Waals surface area (Å²) in [6.45, 7) is 8.36. The summed E-state index contributed by atoms with van der Waals surface area (Å²) in [6, 6.07) is 9.83. The Morgan fingerprint density at radius 3 is 2.67 bits per heavy atom. The molecule has 0 amide bonds. The molecule has 9 heteroatoms. The van der Waals surface area contributed by atoms with Crippen LogP contribution in [0, 0.1) is 23.7 Å². The van der Waals surface area contributed by atoms with Gasteiger partial charge in [-0.15, -0.1) is 0 Å². The molecule has 1 atom stereocenters. The van der Waals surface area contributed by atoms with Crippen LogP contribution in [-0.4, -0.2) is 44.1 Å². The lowest BCUT2D eigenvalue weighted by molar-refractivity contribution is 0.236. The van der Waals surface area contributed by atoms with Gasteiger partial charge in [-0.1, -0.05) is 20.3 Å². The first-order valence-corrected chi connectivity index (χ1v) is 13.7. The predicted molar refractivity (Wildman–Crippen MR) is 153 cm³/mol. The number of hydrogen-bond donors (Lipinski definition) is 3. The smallest absolute Gasteiger partial charge is 0.162 e. The number of piperidine rings is 1. The molecule has 6 rings (SSSR count). The van der Waals surface area contributed by atoms with E-state index in [1.54, 1.807) is 18.3 Å². The maximum Gasteiger partial charge on any atom is 0.162 e. The molecule has 4 aromatic rings. The third-order valence-electron chi connectivity index (χ3n) is 8.11. The summed E-state index contributed by atoms with van der Waals surface area (Å²) in [5, 5.41) is 20.9. The first-order chi connectivity index (χ1) is 18.9. The van der Waals surface area contributed by atoms with E-state index in [0.717, 1.165) is 41.8 Å². The number of anilines is 3. The second-order valence-corrected chi connectivity index (χ2v) is 11.3. The zero-order valence-electron chi connectivity index (χ0n) is 22.6. The van der Waals surface area contributed by atoms with Crippen LogP contribution < -0.4 is 16.0 Å². The van der Waals surface area contributed by atoms with Gasteiger partial charge >= 0.3 is 0 Å². The van der Waals surface area contributed by atoms with Crippen molar-refractivity contribution in [2.45, 2.75) is 58.4 Å². The largest absolute Gasteiger partial charge is 0.366 e. The zero-order valence-corrected chi connectivity index (χ0v) is 22.6. The third-order valence-corrected chi connectivity index (χ3v) is 8.11. The highest BCUT2D eigenvalue weighted by atomic mass is 15.1. The van der Waals surface area contributed by atoms with Crippen LogP contribution in [0.4, 0.5) is 17.5 Å². The molecule has 2 aliphatic rings. The second kappa shape index (κ2) is 10.2. The third kappa shape index (κ3) is 5.00. The predicted octanol–water partition coefficient (Wildman–Crippen LogP) is 5.47. The van der Waals surface area contributed by atoms with E-state index in [-0.39, 0.29) is 11.5 Å². The van der Waals surface area contributed by atoms with E-state index in [1.807, 2.05) is 31.5 Å². The Morgan fingerprint density at radius 2 is 1.92 bits per heavy atom. The summed E-state index contributed by atoms with van der Waals surface area (Å²) in [4.78, 5) is 23.7. The fourth-order valence-corrected chi connectivity index (χ4v) is 5.49. The van der Waals surface area contributed by atoms with Gasteiger partial charge in [0.1, 0.15) is 23.5 Å². The van der Waals surface area contributed by atoms with Crippen molar-refractivity contribution in [1.29, 1.82) is 5.26 Å². The zero-order chi connectivity index (χ0) is 27.0. The molecule has 39 heavy (non-hydrogen) atoms. The first-order valence-electron chi connectivity index (χ1n) is 13.7. The molecule has 0 aromatic carbocycles. The summed E-state index contributed by atoms with van der Waals surface area (Å²) in [6.07, 6.45) is 10.3. The standard InChI is InChI=1S/C30H33N9/c1-18-21(14-31)7-8-25(35-18)38-26-13-20(9-12-34-26)28-36-23-16-33-15-22(19-5-4-6-19)27(23)29(39-28)37-24-10-11-32-17-30(24,2)3/h7-9,12-13,15-16,19,24,32H,4-6,10-11,17H2,1-3H3,(H,34,35,38)(H,36,37,39). The van der Waals surface area contributed by atoms with Crippen LogP contribution in [0.15, 0.2) is 42.9 Å². The molecule has 198 valence electrons. The van der Waals surface area contributed by atoms with E-state index < -0.39 is 0 Å². The van der Waals surface area contributed by atoms with Crippen molar-refractivity contribution in [1.82, 2.24) is 30.2 Å². The van der Waals surface area contributed by atoms with E-state index in [2.05, 4.69) is 50.8 Å². The highest BCUT2D eigenvalue weighted by molar-refractivity contribution is 5.93. The van der Waals surface area contributed by atoms with Crippen molar-refractivity contribution in [3.63, 3.8) is 0 Å². The van der Waals surface area contributed by atoms with Gasteiger partial charge in [-0.05, 0) is 73.9 Å². The number of fused-ring (bicyclic) bond motifs is 1. The van der Waals surface area contributed by atoms with E-state index >= 15 is 0 Å². The molecule has 4 aromatic heterocycles. The number of nitrogens with zero attached hydrogens (tertiary/aromatic N) is 6. The number of rotatable bonds is 6. The summed E-state index contributed by atoms with van der Waals surface area (Å²) < 4.78 is 0. The van der Waals surface area contributed by atoms with E-state index in [1.165, 1.54) is 24.8 Å². The maximum atomic E-state index is 9.21. The Hall–Kier alpha value is -4.16. The molecule has 1 saturated carbocycles. The molecule has 3 N–H and O–H groups in total. The van der Waals surface area contributed by atoms with Gasteiger partial charge in [-0.25, -0.2) is 19.9 Å². The van der Waals surface area contributed by atoms with Gasteiger partial charge in [-0.2, -0.15) is 5.26 Å². The van der Waals surface area contributed by atoms with Gasteiger partial charge < -0.3 is 16.0 Å². The number of pyridine rings is 3.